The second-order valence-corrected chi connectivity index (χ2v) is 6.12. The van der Waals surface area contributed by atoms with E-state index in [-0.39, 0.29) is 19.8 Å². The first-order valence-electron chi connectivity index (χ1n) is 4.61. The van der Waals surface area contributed by atoms with Gasteiger partial charge in [-0.05, 0) is 30.3 Å². The normalized spacial score (nSPS) is 11.4. The van der Waals surface area contributed by atoms with E-state index in [4.69, 9.17) is 23.2 Å². The third-order valence-corrected chi connectivity index (χ3v) is 4.25. The molecular formula is C11H7Cl2NO2S. The lowest BCUT2D eigenvalue weighted by Crippen LogP contribution is -2.02. The Labute approximate surface area is 109 Å². The van der Waals surface area contributed by atoms with Gasteiger partial charge in [-0.15, -0.1) is 0 Å². The fourth-order valence-electron chi connectivity index (χ4n) is 1.33. The van der Waals surface area contributed by atoms with Crippen LogP contribution in [-0.4, -0.2) is 13.4 Å². The smallest absolute Gasteiger partial charge is 0.208 e. The first-order valence-corrected chi connectivity index (χ1v) is 6.85. The van der Waals surface area contributed by atoms with E-state index in [9.17, 15) is 8.42 Å². The van der Waals surface area contributed by atoms with E-state index in [2.05, 4.69) is 4.98 Å². The molecule has 0 fully saturated rings. The highest BCUT2D eigenvalue weighted by atomic mass is 35.5. The minimum atomic E-state index is -3.62. The second-order valence-electron chi connectivity index (χ2n) is 3.30. The van der Waals surface area contributed by atoms with E-state index in [1.807, 2.05) is 0 Å². The quantitative estimate of drug-likeness (QED) is 0.852. The van der Waals surface area contributed by atoms with Crippen LogP contribution >= 0.6 is 23.2 Å². The van der Waals surface area contributed by atoms with Crippen LogP contribution in [0.3, 0.4) is 0 Å². The van der Waals surface area contributed by atoms with Gasteiger partial charge in [-0.25, -0.2) is 8.42 Å². The van der Waals surface area contributed by atoms with Crippen molar-refractivity contribution in [2.24, 2.45) is 0 Å². The topological polar surface area (TPSA) is 47.0 Å². The second kappa shape index (κ2) is 4.64. The Balaban J connectivity index is 2.60. The lowest BCUT2D eigenvalue weighted by Gasteiger charge is -2.05. The van der Waals surface area contributed by atoms with E-state index in [0.717, 1.165) is 0 Å². The largest absolute Gasteiger partial charge is 0.263 e. The number of rotatable bonds is 2. The predicted octanol–water partition coefficient (Wildman–Crippen LogP) is 3.22. The molecule has 1 aromatic heterocycles. The summed E-state index contributed by atoms with van der Waals surface area (Å²) in [5.41, 5.74) is 0. The van der Waals surface area contributed by atoms with Crippen LogP contribution in [0.4, 0.5) is 0 Å². The first kappa shape index (κ1) is 12.4. The Kier molecular flexibility index (Phi) is 3.38. The predicted molar refractivity (Wildman–Crippen MR) is 66.2 cm³/mol. The van der Waals surface area contributed by atoms with Crippen molar-refractivity contribution in [3.63, 3.8) is 0 Å². The molecule has 0 N–H and O–H groups in total. The van der Waals surface area contributed by atoms with Crippen molar-refractivity contribution in [3.8, 4) is 0 Å². The maximum absolute atomic E-state index is 12.2. The summed E-state index contributed by atoms with van der Waals surface area (Å²) in [6.45, 7) is 0. The van der Waals surface area contributed by atoms with Crippen molar-refractivity contribution >= 4 is 33.0 Å². The average Bonchev–Trinajstić information content (AvgIpc) is 2.29. The van der Waals surface area contributed by atoms with Crippen molar-refractivity contribution in [2.75, 3.05) is 0 Å². The summed E-state index contributed by atoms with van der Waals surface area (Å²) in [7, 11) is -3.62. The van der Waals surface area contributed by atoms with Gasteiger partial charge in [0, 0.05) is 22.4 Å². The SMILES string of the molecule is O=S(=O)(c1cccnc1)c1cc(Cl)cc(Cl)c1. The van der Waals surface area contributed by atoms with Crippen LogP contribution in [0.1, 0.15) is 0 Å². The monoisotopic (exact) mass is 287 g/mol. The molecule has 0 unspecified atom stereocenters. The van der Waals surface area contributed by atoms with E-state index in [1.54, 1.807) is 6.07 Å². The molecule has 0 aliphatic rings. The minimum Gasteiger partial charge on any atom is -0.263 e. The fourth-order valence-corrected chi connectivity index (χ4v) is 3.27. The van der Waals surface area contributed by atoms with Crippen LogP contribution in [-0.2, 0) is 9.84 Å². The molecule has 0 saturated heterocycles. The molecule has 88 valence electrons. The lowest BCUT2D eigenvalue weighted by molar-refractivity contribution is 0.595. The first-order chi connectivity index (χ1) is 8.00. The van der Waals surface area contributed by atoms with Gasteiger partial charge in [0.15, 0.2) is 0 Å². The highest BCUT2D eigenvalue weighted by Crippen LogP contribution is 2.26. The van der Waals surface area contributed by atoms with Gasteiger partial charge in [0.1, 0.15) is 0 Å². The van der Waals surface area contributed by atoms with Gasteiger partial charge < -0.3 is 0 Å². The summed E-state index contributed by atoms with van der Waals surface area (Å²) in [5.74, 6) is 0. The van der Waals surface area contributed by atoms with Gasteiger partial charge in [0.05, 0.1) is 9.79 Å². The third kappa shape index (κ3) is 2.60. The number of nitrogens with zero attached hydrogens (tertiary/aromatic N) is 1. The molecule has 1 heterocycles. The third-order valence-electron chi connectivity index (χ3n) is 2.09. The van der Waals surface area contributed by atoms with E-state index >= 15 is 0 Å². The van der Waals surface area contributed by atoms with E-state index in [0.29, 0.717) is 0 Å². The van der Waals surface area contributed by atoms with Crippen LogP contribution in [0.15, 0.2) is 52.5 Å². The summed E-state index contributed by atoms with van der Waals surface area (Å²) in [4.78, 5) is 3.94. The van der Waals surface area contributed by atoms with Gasteiger partial charge in [-0.1, -0.05) is 23.2 Å². The molecule has 3 nitrogen and oxygen atoms in total. The van der Waals surface area contributed by atoms with Gasteiger partial charge in [-0.3, -0.25) is 4.98 Å². The summed E-state index contributed by atoms with van der Waals surface area (Å²) in [6.07, 6.45) is 2.79. The molecule has 2 rings (SSSR count). The zero-order valence-electron chi connectivity index (χ0n) is 8.47. The molecule has 0 aliphatic carbocycles. The van der Waals surface area contributed by atoms with Crippen molar-refractivity contribution in [1.82, 2.24) is 4.98 Å². The van der Waals surface area contributed by atoms with Crippen LogP contribution < -0.4 is 0 Å². The van der Waals surface area contributed by atoms with Crippen molar-refractivity contribution < 1.29 is 8.42 Å². The molecule has 0 bridgehead atoms. The Morgan fingerprint density at radius 3 is 2.18 bits per heavy atom. The van der Waals surface area contributed by atoms with Crippen molar-refractivity contribution in [3.05, 3.63) is 52.8 Å². The molecule has 6 heteroatoms. The summed E-state index contributed by atoms with van der Waals surface area (Å²) in [6, 6.07) is 7.22. The lowest BCUT2D eigenvalue weighted by atomic mass is 10.4. The number of halogens is 2. The summed E-state index contributed by atoms with van der Waals surface area (Å²) >= 11 is 11.6. The number of sulfone groups is 1. The van der Waals surface area contributed by atoms with Gasteiger partial charge in [0.2, 0.25) is 9.84 Å². The molecule has 0 amide bonds. The van der Waals surface area contributed by atoms with Crippen molar-refractivity contribution in [1.29, 1.82) is 0 Å². The van der Waals surface area contributed by atoms with Crippen LogP contribution in [0, 0.1) is 0 Å². The highest BCUT2D eigenvalue weighted by molar-refractivity contribution is 7.91. The zero-order valence-corrected chi connectivity index (χ0v) is 10.8. The molecule has 0 radical (unpaired) electrons. The molecule has 17 heavy (non-hydrogen) atoms. The number of pyridine rings is 1. The number of hydrogen-bond acceptors (Lipinski definition) is 3. The molecule has 0 atom stereocenters. The van der Waals surface area contributed by atoms with Crippen LogP contribution in [0.25, 0.3) is 0 Å². The van der Waals surface area contributed by atoms with Crippen LogP contribution in [0.5, 0.6) is 0 Å². The Hall–Kier alpha value is -1.10. The fraction of sp³-hybridized carbons (Fsp3) is 0. The minimum absolute atomic E-state index is 0.0583. The Morgan fingerprint density at radius 2 is 1.65 bits per heavy atom. The summed E-state index contributed by atoms with van der Waals surface area (Å²) in [5, 5.41) is 0.555. The average molecular weight is 288 g/mol. The molecule has 1 aromatic carbocycles. The summed E-state index contributed by atoms with van der Waals surface area (Å²) < 4.78 is 24.4. The Bertz CT molecular complexity index is 622. The molecule has 0 spiro atoms. The van der Waals surface area contributed by atoms with Gasteiger partial charge in [-0.2, -0.15) is 0 Å². The number of benzene rings is 1. The number of aromatic nitrogens is 1. The van der Waals surface area contributed by atoms with Gasteiger partial charge in [0.25, 0.3) is 0 Å². The van der Waals surface area contributed by atoms with Crippen molar-refractivity contribution in [2.45, 2.75) is 9.79 Å². The molecular weight excluding hydrogens is 281 g/mol. The molecule has 2 aromatic rings. The standard InChI is InChI=1S/C11H7Cl2NO2S/c12-8-4-9(13)6-11(5-8)17(15,16)10-2-1-3-14-7-10/h1-7H. The number of hydrogen-bond donors (Lipinski definition) is 0. The van der Waals surface area contributed by atoms with Gasteiger partial charge >= 0.3 is 0 Å². The van der Waals surface area contributed by atoms with Crippen LogP contribution in [0.2, 0.25) is 10.0 Å². The molecule has 0 saturated carbocycles. The van der Waals surface area contributed by atoms with E-state index < -0.39 is 9.84 Å². The Morgan fingerprint density at radius 1 is 1.00 bits per heavy atom. The highest BCUT2D eigenvalue weighted by Gasteiger charge is 2.18. The van der Waals surface area contributed by atoms with E-state index in [1.165, 1.54) is 36.7 Å². The maximum atomic E-state index is 12.2. The zero-order chi connectivity index (χ0) is 12.5. The molecule has 0 aliphatic heterocycles. The maximum Gasteiger partial charge on any atom is 0.208 e.